The fourth-order valence-corrected chi connectivity index (χ4v) is 3.83. The molecule has 8 heteroatoms. The smallest absolute Gasteiger partial charge is 0.319 e. The van der Waals surface area contributed by atoms with Crippen LogP contribution in [0.15, 0.2) is 0 Å². The van der Waals surface area contributed by atoms with Gasteiger partial charge < -0.3 is 25.2 Å². The van der Waals surface area contributed by atoms with Gasteiger partial charge in [-0.2, -0.15) is 0 Å². The Labute approximate surface area is 166 Å². The van der Waals surface area contributed by atoms with E-state index in [4.69, 9.17) is 4.74 Å². The van der Waals surface area contributed by atoms with Gasteiger partial charge in [0, 0.05) is 0 Å². The summed E-state index contributed by atoms with van der Waals surface area (Å²) in [6.07, 6.45) is 6.79. The average molecular weight is 409 g/mol. The highest BCUT2D eigenvalue weighted by Crippen LogP contribution is 2.35. The molecule has 0 fully saturated rings. The molecule has 0 aliphatic carbocycles. The predicted octanol–water partition coefficient (Wildman–Crippen LogP) is 2.21. The lowest BCUT2D eigenvalue weighted by Gasteiger charge is -2.29. The minimum absolute atomic E-state index is 0.332. The summed E-state index contributed by atoms with van der Waals surface area (Å²) in [5.74, 6) is -1.59. The van der Waals surface area contributed by atoms with E-state index in [9.17, 15) is 30.0 Å². The molecule has 0 amide bonds. The highest BCUT2D eigenvalue weighted by atomic mass is 32.2. The van der Waals surface area contributed by atoms with Crippen molar-refractivity contribution in [2.75, 3.05) is 26.4 Å². The fourth-order valence-electron chi connectivity index (χ4n) is 2.53. The molecule has 0 bridgehead atoms. The number of aliphatic carboxylic acids is 1. The first-order chi connectivity index (χ1) is 12.7. The summed E-state index contributed by atoms with van der Waals surface area (Å²) in [5.41, 5.74) is -1.30. The number of unbranched alkanes of at least 4 members (excludes halogenated alkanes) is 5. The molecule has 0 aromatic rings. The highest BCUT2D eigenvalue weighted by Gasteiger charge is 2.38. The highest BCUT2D eigenvalue weighted by molar-refractivity contribution is 8.02. The van der Waals surface area contributed by atoms with Gasteiger partial charge in [0.25, 0.3) is 0 Å². The van der Waals surface area contributed by atoms with Crippen molar-refractivity contribution >= 4 is 23.7 Å². The first-order valence-electron chi connectivity index (χ1n) is 9.60. The molecule has 7 nitrogen and oxygen atoms in total. The van der Waals surface area contributed by atoms with E-state index in [1.165, 1.54) is 6.42 Å². The van der Waals surface area contributed by atoms with Gasteiger partial charge in [-0.15, -0.1) is 11.8 Å². The van der Waals surface area contributed by atoms with Crippen molar-refractivity contribution in [3.63, 3.8) is 0 Å². The zero-order chi connectivity index (χ0) is 20.9. The SMILES string of the molecule is CCCCCCCCC(C)(SC(C)C(=O)OCC(CO)(CO)CO)C(=O)O. The van der Waals surface area contributed by atoms with Crippen molar-refractivity contribution < 1.29 is 34.8 Å². The third kappa shape index (κ3) is 9.27. The maximum atomic E-state index is 12.2. The van der Waals surface area contributed by atoms with E-state index in [-0.39, 0.29) is 6.61 Å². The van der Waals surface area contributed by atoms with Gasteiger partial charge in [-0.1, -0.05) is 45.4 Å². The van der Waals surface area contributed by atoms with Crippen LogP contribution in [0.2, 0.25) is 0 Å². The Balaban J connectivity index is 4.61. The third-order valence-corrected chi connectivity index (χ3v) is 6.20. The number of aliphatic hydroxyl groups is 3. The number of carboxylic acid groups (broad SMARTS) is 1. The second-order valence-corrected chi connectivity index (χ2v) is 9.24. The van der Waals surface area contributed by atoms with Gasteiger partial charge in [0.2, 0.25) is 0 Å². The molecule has 2 unspecified atom stereocenters. The molecule has 0 aliphatic heterocycles. The predicted molar refractivity (Wildman–Crippen MR) is 106 cm³/mol. The zero-order valence-corrected chi connectivity index (χ0v) is 17.6. The standard InChI is InChI=1S/C19H36O7S/c1-4-5-6-7-8-9-10-18(3,17(24)25)27-15(2)16(23)26-14-19(11-20,12-21)13-22/h15,20-22H,4-14H2,1-3H3,(H,24,25). The summed E-state index contributed by atoms with van der Waals surface area (Å²) in [6, 6.07) is 0. The van der Waals surface area contributed by atoms with Gasteiger partial charge in [-0.05, 0) is 20.3 Å². The molecule has 4 N–H and O–H groups in total. The Hall–Kier alpha value is -0.830. The Morgan fingerprint density at radius 1 is 1.00 bits per heavy atom. The second-order valence-electron chi connectivity index (χ2n) is 7.40. The monoisotopic (exact) mass is 408 g/mol. The number of esters is 1. The molecule has 0 saturated carbocycles. The Bertz CT molecular complexity index is 432. The van der Waals surface area contributed by atoms with E-state index in [0.717, 1.165) is 43.9 Å². The summed E-state index contributed by atoms with van der Waals surface area (Å²) in [7, 11) is 0. The largest absolute Gasteiger partial charge is 0.480 e. The van der Waals surface area contributed by atoms with Gasteiger partial charge in [-0.3, -0.25) is 9.59 Å². The zero-order valence-electron chi connectivity index (χ0n) is 16.8. The third-order valence-electron chi connectivity index (χ3n) is 4.76. The summed E-state index contributed by atoms with van der Waals surface area (Å²) in [5, 5.41) is 36.7. The molecule has 27 heavy (non-hydrogen) atoms. The molecule has 0 aromatic heterocycles. The second kappa shape index (κ2) is 13.4. The Morgan fingerprint density at radius 3 is 2.00 bits per heavy atom. The number of carbonyl (C=O) groups is 2. The summed E-state index contributed by atoms with van der Waals surface area (Å²) in [6.45, 7) is 3.42. The number of carbonyl (C=O) groups excluding carboxylic acids is 1. The van der Waals surface area contributed by atoms with E-state index >= 15 is 0 Å². The van der Waals surface area contributed by atoms with Crippen LogP contribution in [0.1, 0.15) is 65.7 Å². The van der Waals surface area contributed by atoms with Crippen LogP contribution < -0.4 is 0 Å². The molecule has 160 valence electrons. The van der Waals surface area contributed by atoms with Crippen LogP contribution in [0.5, 0.6) is 0 Å². The van der Waals surface area contributed by atoms with Crippen molar-refractivity contribution in [1.82, 2.24) is 0 Å². The van der Waals surface area contributed by atoms with Gasteiger partial charge in [0.15, 0.2) is 0 Å². The number of rotatable bonds is 16. The molecule has 0 spiro atoms. The van der Waals surface area contributed by atoms with Crippen LogP contribution in [-0.4, -0.2) is 68.8 Å². The molecule has 2 atom stereocenters. The number of hydrogen-bond acceptors (Lipinski definition) is 7. The van der Waals surface area contributed by atoms with Crippen LogP contribution in [0.4, 0.5) is 0 Å². The molecule has 0 aromatic carbocycles. The van der Waals surface area contributed by atoms with E-state index < -0.39 is 47.2 Å². The lowest BCUT2D eigenvalue weighted by atomic mass is 9.93. The molecular weight excluding hydrogens is 372 g/mol. The minimum atomic E-state index is -1.30. The first kappa shape index (κ1) is 26.2. The number of hydrogen-bond donors (Lipinski definition) is 4. The molecule has 0 saturated heterocycles. The van der Waals surface area contributed by atoms with E-state index in [1.54, 1.807) is 13.8 Å². The molecule has 0 radical (unpaired) electrons. The maximum absolute atomic E-state index is 12.2. The van der Waals surface area contributed by atoms with Crippen molar-refractivity contribution in [2.45, 2.75) is 75.7 Å². The van der Waals surface area contributed by atoms with Crippen LogP contribution in [-0.2, 0) is 14.3 Å². The van der Waals surface area contributed by atoms with Crippen LogP contribution >= 0.6 is 11.8 Å². The number of thioether (sulfide) groups is 1. The number of ether oxygens (including phenoxy) is 1. The number of carboxylic acids is 1. The van der Waals surface area contributed by atoms with E-state index in [0.29, 0.717) is 6.42 Å². The van der Waals surface area contributed by atoms with Gasteiger partial charge in [0.1, 0.15) is 16.6 Å². The summed E-state index contributed by atoms with van der Waals surface area (Å²) in [4.78, 5) is 23.9. The van der Waals surface area contributed by atoms with Crippen molar-refractivity contribution in [3.8, 4) is 0 Å². The van der Waals surface area contributed by atoms with Crippen molar-refractivity contribution in [3.05, 3.63) is 0 Å². The van der Waals surface area contributed by atoms with Crippen LogP contribution in [0, 0.1) is 5.41 Å². The first-order valence-corrected chi connectivity index (χ1v) is 10.5. The van der Waals surface area contributed by atoms with Crippen molar-refractivity contribution in [1.29, 1.82) is 0 Å². The molecule has 0 heterocycles. The maximum Gasteiger partial charge on any atom is 0.319 e. The lowest BCUT2D eigenvalue weighted by molar-refractivity contribution is -0.150. The Kier molecular flexibility index (Phi) is 13.0. The van der Waals surface area contributed by atoms with Gasteiger partial charge in [0.05, 0.1) is 25.2 Å². The normalized spacial score (nSPS) is 15.2. The van der Waals surface area contributed by atoms with Crippen molar-refractivity contribution in [2.24, 2.45) is 5.41 Å². The number of aliphatic hydroxyl groups excluding tert-OH is 3. The topological polar surface area (TPSA) is 124 Å². The Morgan fingerprint density at radius 2 is 1.52 bits per heavy atom. The van der Waals surface area contributed by atoms with Crippen LogP contribution in [0.3, 0.4) is 0 Å². The van der Waals surface area contributed by atoms with Gasteiger partial charge in [-0.25, -0.2) is 0 Å². The minimum Gasteiger partial charge on any atom is -0.480 e. The van der Waals surface area contributed by atoms with E-state index in [2.05, 4.69) is 6.92 Å². The fraction of sp³-hybridized carbons (Fsp3) is 0.895. The summed E-state index contributed by atoms with van der Waals surface area (Å²) >= 11 is 1.04. The quantitative estimate of drug-likeness (QED) is 0.226. The summed E-state index contributed by atoms with van der Waals surface area (Å²) < 4.78 is 4.01. The van der Waals surface area contributed by atoms with E-state index in [1.807, 2.05) is 0 Å². The average Bonchev–Trinajstić information content (AvgIpc) is 2.65. The van der Waals surface area contributed by atoms with Crippen LogP contribution in [0.25, 0.3) is 0 Å². The molecule has 0 rings (SSSR count). The lowest BCUT2D eigenvalue weighted by Crippen LogP contribution is -2.41. The van der Waals surface area contributed by atoms with Gasteiger partial charge >= 0.3 is 11.9 Å². The molecular formula is C19H36O7S. The molecule has 0 aliphatic rings.